The minimum absolute atomic E-state index is 0.122. The van der Waals surface area contributed by atoms with Crippen molar-refractivity contribution >= 4 is 27.7 Å². The van der Waals surface area contributed by atoms with E-state index in [9.17, 15) is 13.2 Å². The normalized spacial score (nSPS) is 19.0. The van der Waals surface area contributed by atoms with Gasteiger partial charge < -0.3 is 4.74 Å². The summed E-state index contributed by atoms with van der Waals surface area (Å²) >= 11 is 5.03. The molecule has 0 aliphatic carbocycles. The Hall–Kier alpha value is -0.200. The van der Waals surface area contributed by atoms with Gasteiger partial charge in [-0.1, -0.05) is 22.0 Å². The monoisotopic (exact) mass is 368 g/mol. The van der Waals surface area contributed by atoms with E-state index in [0.29, 0.717) is 4.90 Å². The summed E-state index contributed by atoms with van der Waals surface area (Å²) in [7, 11) is 0. The van der Waals surface area contributed by atoms with E-state index in [2.05, 4.69) is 15.9 Å². The highest BCUT2D eigenvalue weighted by Gasteiger charge is 2.33. The first kappa shape index (κ1) is 16.2. The zero-order valence-electron chi connectivity index (χ0n) is 10.9. The third-order valence-corrected chi connectivity index (χ3v) is 6.08. The van der Waals surface area contributed by atoms with Crippen LogP contribution in [0.3, 0.4) is 0 Å². The standard InChI is InChI=1S/C14H16BrF3OS/c15-9-13(4-6-19-7-5-13)10-20-12-3-1-2-11(8-12)14(16,17)18/h1-3,8H,4-7,9-10H2. The number of halogens is 4. The second-order valence-electron chi connectivity index (χ2n) is 5.06. The fraction of sp³-hybridized carbons (Fsp3) is 0.571. The smallest absolute Gasteiger partial charge is 0.381 e. The molecule has 1 aliphatic heterocycles. The predicted octanol–water partition coefficient (Wildman–Crippen LogP) is 4.99. The second kappa shape index (κ2) is 6.71. The fourth-order valence-electron chi connectivity index (χ4n) is 2.12. The summed E-state index contributed by atoms with van der Waals surface area (Å²) in [5.74, 6) is 0.808. The van der Waals surface area contributed by atoms with Crippen molar-refractivity contribution in [2.24, 2.45) is 5.41 Å². The molecule has 0 radical (unpaired) electrons. The molecule has 1 saturated heterocycles. The number of ether oxygens (including phenoxy) is 1. The van der Waals surface area contributed by atoms with E-state index < -0.39 is 11.7 Å². The van der Waals surface area contributed by atoms with Gasteiger partial charge in [0, 0.05) is 29.2 Å². The van der Waals surface area contributed by atoms with E-state index >= 15 is 0 Å². The summed E-state index contributed by atoms with van der Waals surface area (Å²) in [6, 6.07) is 5.54. The van der Waals surface area contributed by atoms with Gasteiger partial charge in [0.2, 0.25) is 0 Å². The number of thioether (sulfide) groups is 1. The van der Waals surface area contributed by atoms with Crippen LogP contribution in [-0.4, -0.2) is 24.3 Å². The highest BCUT2D eigenvalue weighted by molar-refractivity contribution is 9.09. The van der Waals surface area contributed by atoms with Gasteiger partial charge in [-0.3, -0.25) is 0 Å². The van der Waals surface area contributed by atoms with Crippen LogP contribution in [0.1, 0.15) is 18.4 Å². The van der Waals surface area contributed by atoms with Crippen molar-refractivity contribution in [2.75, 3.05) is 24.3 Å². The van der Waals surface area contributed by atoms with E-state index in [1.54, 1.807) is 6.07 Å². The summed E-state index contributed by atoms with van der Waals surface area (Å²) < 4.78 is 43.4. The second-order valence-corrected chi connectivity index (χ2v) is 6.67. The maximum Gasteiger partial charge on any atom is 0.416 e. The van der Waals surface area contributed by atoms with Crippen molar-refractivity contribution in [1.29, 1.82) is 0 Å². The lowest BCUT2D eigenvalue weighted by Gasteiger charge is -2.35. The molecule has 0 amide bonds. The van der Waals surface area contributed by atoms with Crippen LogP contribution >= 0.6 is 27.7 Å². The van der Waals surface area contributed by atoms with Crippen molar-refractivity contribution in [3.63, 3.8) is 0 Å². The Morgan fingerprint density at radius 3 is 2.55 bits per heavy atom. The molecule has 1 heterocycles. The summed E-state index contributed by atoms with van der Waals surface area (Å²) in [5.41, 5.74) is -0.459. The van der Waals surface area contributed by atoms with E-state index in [4.69, 9.17) is 4.74 Å². The van der Waals surface area contributed by atoms with Crippen molar-refractivity contribution in [2.45, 2.75) is 23.9 Å². The van der Waals surface area contributed by atoms with Crippen LogP contribution in [0.5, 0.6) is 0 Å². The van der Waals surface area contributed by atoms with Crippen molar-refractivity contribution in [3.8, 4) is 0 Å². The summed E-state index contributed by atoms with van der Waals surface area (Å²) in [6.45, 7) is 1.46. The van der Waals surface area contributed by atoms with Crippen molar-refractivity contribution in [1.82, 2.24) is 0 Å². The number of hydrogen-bond acceptors (Lipinski definition) is 2. The SMILES string of the molecule is FC(F)(F)c1cccc(SCC2(CBr)CCOCC2)c1. The quantitative estimate of drug-likeness (QED) is 0.546. The van der Waals surface area contributed by atoms with E-state index in [0.717, 1.165) is 43.2 Å². The number of benzene rings is 1. The van der Waals surface area contributed by atoms with Crippen LogP contribution in [0, 0.1) is 5.41 Å². The maximum atomic E-state index is 12.7. The van der Waals surface area contributed by atoms with Crippen LogP contribution in [0.25, 0.3) is 0 Å². The molecule has 20 heavy (non-hydrogen) atoms. The lowest BCUT2D eigenvalue weighted by Crippen LogP contribution is -2.33. The molecule has 0 atom stereocenters. The Balaban J connectivity index is 2.03. The van der Waals surface area contributed by atoms with Gasteiger partial charge in [-0.05, 0) is 36.5 Å². The average Bonchev–Trinajstić information content (AvgIpc) is 2.46. The predicted molar refractivity (Wildman–Crippen MR) is 78.4 cm³/mol. The first-order valence-corrected chi connectivity index (χ1v) is 8.50. The summed E-state index contributed by atoms with van der Waals surface area (Å²) in [5, 5.41) is 0.856. The molecule has 112 valence electrons. The highest BCUT2D eigenvalue weighted by Crippen LogP contribution is 2.39. The first-order chi connectivity index (χ1) is 9.45. The Labute approximate surface area is 129 Å². The van der Waals surface area contributed by atoms with Crippen LogP contribution in [0.2, 0.25) is 0 Å². The molecule has 1 aliphatic rings. The minimum atomic E-state index is -4.28. The number of hydrogen-bond donors (Lipinski definition) is 0. The molecule has 0 bridgehead atoms. The average molecular weight is 369 g/mol. The van der Waals surface area contributed by atoms with Gasteiger partial charge in [-0.15, -0.1) is 11.8 Å². The van der Waals surface area contributed by atoms with Crippen LogP contribution in [0.4, 0.5) is 13.2 Å². The largest absolute Gasteiger partial charge is 0.416 e. The topological polar surface area (TPSA) is 9.23 Å². The van der Waals surface area contributed by atoms with Crippen LogP contribution in [0.15, 0.2) is 29.2 Å². The summed E-state index contributed by atoms with van der Waals surface area (Å²) in [4.78, 5) is 0.673. The van der Waals surface area contributed by atoms with Gasteiger partial charge in [-0.25, -0.2) is 0 Å². The minimum Gasteiger partial charge on any atom is -0.381 e. The first-order valence-electron chi connectivity index (χ1n) is 6.39. The molecule has 2 rings (SSSR count). The van der Waals surface area contributed by atoms with E-state index in [-0.39, 0.29) is 5.41 Å². The molecule has 0 aromatic heterocycles. The highest BCUT2D eigenvalue weighted by atomic mass is 79.9. The molecule has 0 saturated carbocycles. The maximum absolute atomic E-state index is 12.7. The molecule has 0 spiro atoms. The number of rotatable bonds is 4. The van der Waals surface area contributed by atoms with Gasteiger partial charge in [0.05, 0.1) is 5.56 Å². The summed E-state index contributed by atoms with van der Waals surface area (Å²) in [6.07, 6.45) is -2.38. The number of alkyl halides is 4. The molecule has 0 unspecified atom stereocenters. The lowest BCUT2D eigenvalue weighted by molar-refractivity contribution is -0.137. The third-order valence-electron chi connectivity index (χ3n) is 3.54. The Bertz CT molecular complexity index is 444. The molecule has 1 aromatic rings. The zero-order valence-corrected chi connectivity index (χ0v) is 13.3. The molecule has 1 nitrogen and oxygen atoms in total. The Morgan fingerprint density at radius 1 is 1.25 bits per heavy atom. The van der Waals surface area contributed by atoms with Gasteiger partial charge in [0.1, 0.15) is 0 Å². The molecular formula is C14H16BrF3OS. The zero-order chi connectivity index (χ0) is 14.6. The van der Waals surface area contributed by atoms with Crippen LogP contribution < -0.4 is 0 Å². The van der Waals surface area contributed by atoms with Gasteiger partial charge in [0.15, 0.2) is 0 Å². The Morgan fingerprint density at radius 2 is 1.95 bits per heavy atom. The molecule has 1 aromatic carbocycles. The van der Waals surface area contributed by atoms with E-state index in [1.165, 1.54) is 23.9 Å². The molecular weight excluding hydrogens is 353 g/mol. The van der Waals surface area contributed by atoms with E-state index in [1.807, 2.05) is 0 Å². The molecule has 6 heteroatoms. The van der Waals surface area contributed by atoms with Gasteiger partial charge in [-0.2, -0.15) is 13.2 Å². The van der Waals surface area contributed by atoms with Crippen LogP contribution in [-0.2, 0) is 10.9 Å². The van der Waals surface area contributed by atoms with Crippen molar-refractivity contribution in [3.05, 3.63) is 29.8 Å². The molecule has 1 fully saturated rings. The fourth-order valence-corrected chi connectivity index (χ4v) is 4.39. The third kappa shape index (κ3) is 4.15. The van der Waals surface area contributed by atoms with Gasteiger partial charge >= 0.3 is 6.18 Å². The lowest BCUT2D eigenvalue weighted by atomic mass is 9.85. The van der Waals surface area contributed by atoms with Gasteiger partial charge in [0.25, 0.3) is 0 Å². The molecule has 0 N–H and O–H groups in total. The Kier molecular flexibility index (Phi) is 5.42. The van der Waals surface area contributed by atoms with Crippen molar-refractivity contribution < 1.29 is 17.9 Å².